The normalized spacial score (nSPS) is 11.4. The van der Waals surface area contributed by atoms with E-state index >= 15 is 0 Å². The van der Waals surface area contributed by atoms with Gasteiger partial charge in [0.2, 0.25) is 0 Å². The summed E-state index contributed by atoms with van der Waals surface area (Å²) in [4.78, 5) is 2.39. The van der Waals surface area contributed by atoms with Crippen molar-refractivity contribution in [3.63, 3.8) is 0 Å². The highest BCUT2D eigenvalue weighted by Gasteiger charge is 2.19. The standard InChI is InChI=1S/C64H43N/c1-2-16-49(17-3-1)63-61-25-10-8-23-59(61)60-24-9-11-26-62(60)64(63)50-36-40-55(41-37-50)65(56-21-12-20-53(43-56)58-27-13-19-48-15-6-7-22-57(48)58)54-38-34-46(35-39-54)45-28-30-47(31-29-45)52-33-32-44-14-4-5-18-51(44)42-52/h1-43H. The molecular weight excluding hydrogens is 783 g/mol. The summed E-state index contributed by atoms with van der Waals surface area (Å²) in [6.45, 7) is 0. The van der Waals surface area contributed by atoms with Crippen molar-refractivity contribution >= 4 is 60.2 Å². The van der Waals surface area contributed by atoms with Crippen molar-refractivity contribution in [2.24, 2.45) is 0 Å². The van der Waals surface area contributed by atoms with Gasteiger partial charge in [0, 0.05) is 17.1 Å². The van der Waals surface area contributed by atoms with Crippen molar-refractivity contribution in [2.75, 3.05) is 4.90 Å². The first-order chi connectivity index (χ1) is 32.2. The van der Waals surface area contributed by atoms with Gasteiger partial charge in [-0.05, 0) is 141 Å². The largest absolute Gasteiger partial charge is 0.310 e. The summed E-state index contributed by atoms with van der Waals surface area (Å²) in [5.41, 5.74) is 15.4. The maximum absolute atomic E-state index is 2.39. The Morgan fingerprint density at radius 2 is 0.631 bits per heavy atom. The van der Waals surface area contributed by atoms with Crippen LogP contribution in [0.3, 0.4) is 0 Å². The van der Waals surface area contributed by atoms with Gasteiger partial charge < -0.3 is 4.90 Å². The van der Waals surface area contributed by atoms with E-state index in [1.807, 2.05) is 0 Å². The van der Waals surface area contributed by atoms with Crippen LogP contribution in [0.15, 0.2) is 261 Å². The Kier molecular flexibility index (Phi) is 9.58. The molecule has 0 aliphatic rings. The van der Waals surface area contributed by atoms with E-state index in [0.29, 0.717) is 0 Å². The molecule has 0 aliphatic heterocycles. The second-order valence-corrected chi connectivity index (χ2v) is 16.9. The lowest BCUT2D eigenvalue weighted by atomic mass is 9.85. The number of nitrogens with zero attached hydrogens (tertiary/aromatic N) is 1. The highest BCUT2D eigenvalue weighted by Crippen LogP contribution is 2.46. The lowest BCUT2D eigenvalue weighted by Crippen LogP contribution is -2.10. The van der Waals surface area contributed by atoms with Crippen LogP contribution >= 0.6 is 0 Å². The lowest BCUT2D eigenvalue weighted by molar-refractivity contribution is 1.28. The van der Waals surface area contributed by atoms with E-state index in [2.05, 4.69) is 266 Å². The molecule has 0 radical (unpaired) electrons. The molecule has 1 nitrogen and oxygen atoms in total. The number of rotatable bonds is 8. The number of hydrogen-bond acceptors (Lipinski definition) is 1. The summed E-state index contributed by atoms with van der Waals surface area (Å²) in [5.74, 6) is 0. The number of hydrogen-bond donors (Lipinski definition) is 0. The van der Waals surface area contributed by atoms with Crippen LogP contribution in [-0.4, -0.2) is 0 Å². The van der Waals surface area contributed by atoms with Crippen LogP contribution in [0.4, 0.5) is 17.1 Å². The molecule has 0 heterocycles. The summed E-state index contributed by atoms with van der Waals surface area (Å²) in [6.07, 6.45) is 0. The van der Waals surface area contributed by atoms with E-state index in [1.54, 1.807) is 0 Å². The van der Waals surface area contributed by atoms with Crippen molar-refractivity contribution in [1.82, 2.24) is 0 Å². The zero-order valence-electron chi connectivity index (χ0n) is 35.8. The highest BCUT2D eigenvalue weighted by atomic mass is 15.1. The summed E-state index contributed by atoms with van der Waals surface area (Å²) < 4.78 is 0. The number of anilines is 3. The average Bonchev–Trinajstić information content (AvgIpc) is 3.39. The zero-order valence-corrected chi connectivity index (χ0v) is 35.8. The molecule has 0 saturated carbocycles. The van der Waals surface area contributed by atoms with E-state index in [0.717, 1.165) is 17.1 Å². The Morgan fingerprint density at radius 3 is 1.28 bits per heavy atom. The van der Waals surface area contributed by atoms with Gasteiger partial charge in [-0.25, -0.2) is 0 Å². The van der Waals surface area contributed by atoms with Gasteiger partial charge in [0.15, 0.2) is 0 Å². The highest BCUT2D eigenvalue weighted by molar-refractivity contribution is 6.21. The molecule has 0 N–H and O–H groups in total. The summed E-state index contributed by atoms with van der Waals surface area (Å²) in [6, 6.07) is 95.2. The second kappa shape index (κ2) is 16.3. The first-order valence-electron chi connectivity index (χ1n) is 22.4. The van der Waals surface area contributed by atoms with Crippen LogP contribution in [0, 0.1) is 0 Å². The topological polar surface area (TPSA) is 3.24 Å². The van der Waals surface area contributed by atoms with E-state index < -0.39 is 0 Å². The molecule has 12 aromatic rings. The fourth-order valence-corrected chi connectivity index (χ4v) is 9.89. The lowest BCUT2D eigenvalue weighted by Gasteiger charge is -2.27. The molecule has 0 unspecified atom stereocenters. The van der Waals surface area contributed by atoms with Gasteiger partial charge in [0.05, 0.1) is 0 Å². The smallest absolute Gasteiger partial charge is 0.0467 e. The minimum atomic E-state index is 1.09. The molecule has 1 heteroatoms. The maximum atomic E-state index is 2.39. The van der Waals surface area contributed by atoms with E-state index in [9.17, 15) is 0 Å². The molecule has 12 aromatic carbocycles. The van der Waals surface area contributed by atoms with Crippen molar-refractivity contribution in [3.05, 3.63) is 261 Å². The minimum Gasteiger partial charge on any atom is -0.310 e. The molecule has 304 valence electrons. The average molecular weight is 826 g/mol. The number of benzene rings is 12. The summed E-state index contributed by atoms with van der Waals surface area (Å²) in [7, 11) is 0. The van der Waals surface area contributed by atoms with Crippen molar-refractivity contribution < 1.29 is 0 Å². The monoisotopic (exact) mass is 825 g/mol. The second-order valence-electron chi connectivity index (χ2n) is 16.9. The third kappa shape index (κ3) is 7.01. The Hall–Kier alpha value is -8.52. The van der Waals surface area contributed by atoms with E-state index in [4.69, 9.17) is 0 Å². The first-order valence-corrected chi connectivity index (χ1v) is 22.4. The molecule has 0 amide bonds. The Bertz CT molecular complexity index is 3670. The first kappa shape index (κ1) is 38.2. The van der Waals surface area contributed by atoms with Gasteiger partial charge in [-0.3, -0.25) is 0 Å². The van der Waals surface area contributed by atoms with Crippen molar-refractivity contribution in [2.45, 2.75) is 0 Å². The van der Waals surface area contributed by atoms with Crippen LogP contribution in [-0.2, 0) is 0 Å². The van der Waals surface area contributed by atoms with Crippen LogP contribution in [0.5, 0.6) is 0 Å². The molecule has 0 spiro atoms. The predicted molar refractivity (Wildman–Crippen MR) is 278 cm³/mol. The van der Waals surface area contributed by atoms with Crippen LogP contribution in [0.2, 0.25) is 0 Å². The molecule has 0 atom stereocenters. The van der Waals surface area contributed by atoms with Gasteiger partial charge in [-0.15, -0.1) is 0 Å². The quantitative estimate of drug-likeness (QED) is 0.138. The maximum Gasteiger partial charge on any atom is 0.0467 e. The van der Waals surface area contributed by atoms with Crippen LogP contribution in [0.25, 0.3) is 98.7 Å². The fourth-order valence-electron chi connectivity index (χ4n) is 9.89. The SMILES string of the molecule is c1ccc(-c2c(-c3ccc(N(c4ccc(-c5ccc(-c6ccc7ccccc7c6)cc5)cc4)c4cccc(-c5cccc6ccccc56)c4)cc3)c3ccccc3c3ccccc23)cc1. The zero-order chi connectivity index (χ0) is 43.1. The molecule has 65 heavy (non-hydrogen) atoms. The molecule has 12 rings (SSSR count). The van der Waals surface area contributed by atoms with E-state index in [1.165, 1.54) is 98.7 Å². The molecular formula is C64H43N. The molecule has 0 saturated heterocycles. The molecule has 0 fully saturated rings. The van der Waals surface area contributed by atoms with Gasteiger partial charge in [-0.1, -0.05) is 218 Å². The van der Waals surface area contributed by atoms with E-state index in [-0.39, 0.29) is 0 Å². The van der Waals surface area contributed by atoms with Crippen molar-refractivity contribution in [1.29, 1.82) is 0 Å². The van der Waals surface area contributed by atoms with Gasteiger partial charge in [-0.2, -0.15) is 0 Å². The van der Waals surface area contributed by atoms with Crippen LogP contribution in [0.1, 0.15) is 0 Å². The Morgan fingerprint density at radius 1 is 0.200 bits per heavy atom. The Labute approximate surface area is 379 Å². The van der Waals surface area contributed by atoms with Gasteiger partial charge >= 0.3 is 0 Å². The van der Waals surface area contributed by atoms with Gasteiger partial charge in [0.25, 0.3) is 0 Å². The number of fused-ring (bicyclic) bond motifs is 5. The molecule has 0 bridgehead atoms. The van der Waals surface area contributed by atoms with Crippen molar-refractivity contribution in [3.8, 4) is 55.6 Å². The summed E-state index contributed by atoms with van der Waals surface area (Å²) >= 11 is 0. The third-order valence-electron chi connectivity index (χ3n) is 13.0. The minimum absolute atomic E-state index is 1.09. The molecule has 0 aliphatic carbocycles. The third-order valence-corrected chi connectivity index (χ3v) is 13.0. The van der Waals surface area contributed by atoms with Crippen LogP contribution < -0.4 is 4.90 Å². The van der Waals surface area contributed by atoms with Gasteiger partial charge in [0.1, 0.15) is 0 Å². The fraction of sp³-hybridized carbons (Fsp3) is 0. The Balaban J connectivity index is 0.965. The predicted octanol–water partition coefficient (Wildman–Crippen LogP) is 18.1. The summed E-state index contributed by atoms with van der Waals surface area (Å²) in [5, 5.41) is 10.0. The molecule has 0 aromatic heterocycles.